The molecule has 1 atom stereocenters. The van der Waals surface area contributed by atoms with Gasteiger partial charge in [-0.3, -0.25) is 4.79 Å². The molecule has 1 rings (SSSR count). The van der Waals surface area contributed by atoms with E-state index in [1.54, 1.807) is 0 Å². The van der Waals surface area contributed by atoms with Crippen molar-refractivity contribution in [3.63, 3.8) is 0 Å². The van der Waals surface area contributed by atoms with Crippen molar-refractivity contribution in [2.45, 2.75) is 18.9 Å². The van der Waals surface area contributed by atoms with Crippen LogP contribution in [0.1, 0.15) is 12.8 Å². The Hall–Kier alpha value is -1.77. The molecule has 0 unspecified atom stereocenters. The lowest BCUT2D eigenvalue weighted by atomic mass is 10.2. The summed E-state index contributed by atoms with van der Waals surface area (Å²) in [7, 11) is 0. The minimum absolute atomic E-state index is 0.368. The maximum Gasteiger partial charge on any atom is 0.405 e. The van der Waals surface area contributed by atoms with Crippen molar-refractivity contribution in [2.75, 3.05) is 13.2 Å². The number of likely N-dealkylation sites (tertiary alicyclic amines) is 1. The molecule has 14 heavy (non-hydrogen) atoms. The van der Waals surface area contributed by atoms with Gasteiger partial charge in [0, 0.05) is 6.54 Å². The number of nitrogens with zero attached hydrogens (tertiary/aromatic N) is 2. The lowest BCUT2D eigenvalue weighted by molar-refractivity contribution is -0.134. The van der Waals surface area contributed by atoms with Crippen LogP contribution in [0.3, 0.4) is 0 Å². The van der Waals surface area contributed by atoms with Crippen molar-refractivity contribution in [3.8, 4) is 6.07 Å². The third-order valence-corrected chi connectivity index (χ3v) is 2.06. The number of hydrogen-bond acceptors (Lipinski definition) is 4. The van der Waals surface area contributed by atoms with Crippen molar-refractivity contribution in [3.05, 3.63) is 0 Å². The van der Waals surface area contributed by atoms with E-state index in [2.05, 4.69) is 4.74 Å². The van der Waals surface area contributed by atoms with E-state index in [-0.39, 0.29) is 18.6 Å². The summed E-state index contributed by atoms with van der Waals surface area (Å²) in [5.74, 6) is -0.368. The molecular formula is C8H11N3O3. The summed E-state index contributed by atoms with van der Waals surface area (Å²) in [6.45, 7) is 0.159. The van der Waals surface area contributed by atoms with Crippen molar-refractivity contribution in [2.24, 2.45) is 5.73 Å². The molecule has 0 saturated carbocycles. The highest BCUT2D eigenvalue weighted by atomic mass is 16.5. The molecule has 2 amide bonds. The molecule has 1 aliphatic rings. The predicted octanol–water partition coefficient (Wildman–Crippen LogP) is -0.404. The number of nitriles is 1. The molecule has 6 heteroatoms. The van der Waals surface area contributed by atoms with Crippen molar-refractivity contribution >= 4 is 12.0 Å². The normalized spacial score (nSPS) is 20.2. The molecule has 0 aromatic heterocycles. The van der Waals surface area contributed by atoms with Gasteiger partial charge in [0.2, 0.25) is 0 Å². The first-order valence-electron chi connectivity index (χ1n) is 4.26. The lowest BCUT2D eigenvalue weighted by Gasteiger charge is -2.18. The van der Waals surface area contributed by atoms with Gasteiger partial charge < -0.3 is 15.4 Å². The molecule has 1 aliphatic heterocycles. The fourth-order valence-corrected chi connectivity index (χ4v) is 1.42. The second-order valence-corrected chi connectivity index (χ2v) is 2.98. The zero-order valence-electron chi connectivity index (χ0n) is 7.60. The van der Waals surface area contributed by atoms with Gasteiger partial charge >= 0.3 is 6.09 Å². The summed E-state index contributed by atoms with van der Waals surface area (Å²) in [5, 5.41) is 8.69. The minimum atomic E-state index is -0.981. The molecule has 1 fully saturated rings. The van der Waals surface area contributed by atoms with Gasteiger partial charge in [0.25, 0.3) is 5.91 Å². The van der Waals surface area contributed by atoms with E-state index >= 15 is 0 Å². The number of primary amides is 1. The molecule has 0 spiro atoms. The molecule has 0 aliphatic carbocycles. The summed E-state index contributed by atoms with van der Waals surface area (Å²) in [6.07, 6.45) is 0.505. The van der Waals surface area contributed by atoms with E-state index in [1.807, 2.05) is 6.07 Å². The molecule has 0 aromatic carbocycles. The summed E-state index contributed by atoms with van der Waals surface area (Å²) < 4.78 is 4.35. The topological polar surface area (TPSA) is 96.4 Å². The highest BCUT2D eigenvalue weighted by Crippen LogP contribution is 2.16. The quantitative estimate of drug-likeness (QED) is 0.651. The maximum atomic E-state index is 11.4. The standard InChI is InChI=1S/C8H11N3O3/c9-4-6-2-1-3-11(6)7(12)5-14-8(10)13/h6H,1-3,5H2,(H2,10,13)/t6-/m0/s1. The number of carbonyl (C=O) groups is 2. The Kier molecular flexibility index (Phi) is 3.29. The largest absolute Gasteiger partial charge is 0.440 e. The summed E-state index contributed by atoms with van der Waals surface area (Å²) in [4.78, 5) is 23.0. The van der Waals surface area contributed by atoms with E-state index in [4.69, 9.17) is 11.0 Å². The molecule has 76 valence electrons. The second kappa shape index (κ2) is 4.46. The maximum absolute atomic E-state index is 11.4. The molecule has 1 saturated heterocycles. The molecule has 0 bridgehead atoms. The van der Waals surface area contributed by atoms with Crippen LogP contribution in [0.2, 0.25) is 0 Å². The lowest BCUT2D eigenvalue weighted by Crippen LogP contribution is -2.38. The first-order chi connectivity index (χ1) is 6.65. The van der Waals surface area contributed by atoms with Gasteiger partial charge in [-0.25, -0.2) is 4.79 Å². The Labute approximate surface area is 81.2 Å². The van der Waals surface area contributed by atoms with Crippen LogP contribution >= 0.6 is 0 Å². The Morgan fingerprint density at radius 1 is 1.64 bits per heavy atom. The molecule has 0 aromatic rings. The van der Waals surface area contributed by atoms with E-state index in [0.29, 0.717) is 13.0 Å². The zero-order chi connectivity index (χ0) is 10.6. The highest BCUT2D eigenvalue weighted by molar-refractivity contribution is 5.80. The van der Waals surface area contributed by atoms with Crippen molar-refractivity contribution < 1.29 is 14.3 Å². The molecule has 6 nitrogen and oxygen atoms in total. The highest BCUT2D eigenvalue weighted by Gasteiger charge is 2.28. The molecule has 1 heterocycles. The van der Waals surface area contributed by atoms with E-state index in [1.165, 1.54) is 4.90 Å². The Bertz CT molecular complexity index is 284. The van der Waals surface area contributed by atoms with Gasteiger partial charge in [0.05, 0.1) is 6.07 Å². The van der Waals surface area contributed by atoms with Crippen LogP contribution < -0.4 is 5.73 Å². The van der Waals surface area contributed by atoms with Gasteiger partial charge in [-0.2, -0.15) is 5.26 Å². The number of nitrogens with two attached hydrogens (primary N) is 1. The summed E-state index contributed by atoms with van der Waals surface area (Å²) >= 11 is 0. The van der Waals surface area contributed by atoms with Gasteiger partial charge in [0.15, 0.2) is 6.61 Å². The average molecular weight is 197 g/mol. The van der Waals surface area contributed by atoms with Crippen LogP contribution in [0.15, 0.2) is 0 Å². The van der Waals surface area contributed by atoms with Crippen LogP contribution in [-0.2, 0) is 9.53 Å². The third kappa shape index (κ3) is 2.36. The van der Waals surface area contributed by atoms with E-state index < -0.39 is 6.09 Å². The van der Waals surface area contributed by atoms with Gasteiger partial charge in [0.1, 0.15) is 6.04 Å². The Morgan fingerprint density at radius 3 is 2.93 bits per heavy atom. The third-order valence-electron chi connectivity index (χ3n) is 2.06. The number of ether oxygens (including phenoxy) is 1. The Morgan fingerprint density at radius 2 is 2.36 bits per heavy atom. The fraction of sp³-hybridized carbons (Fsp3) is 0.625. The fourth-order valence-electron chi connectivity index (χ4n) is 1.42. The number of amides is 2. The minimum Gasteiger partial charge on any atom is -0.440 e. The van der Waals surface area contributed by atoms with E-state index in [0.717, 1.165) is 6.42 Å². The molecular weight excluding hydrogens is 186 g/mol. The van der Waals surface area contributed by atoms with Gasteiger partial charge in [-0.15, -0.1) is 0 Å². The second-order valence-electron chi connectivity index (χ2n) is 2.98. The van der Waals surface area contributed by atoms with Crippen molar-refractivity contribution in [1.82, 2.24) is 4.90 Å². The number of rotatable bonds is 2. The van der Waals surface area contributed by atoms with Crippen LogP contribution in [0.5, 0.6) is 0 Å². The van der Waals surface area contributed by atoms with Crippen molar-refractivity contribution in [1.29, 1.82) is 5.26 Å². The monoisotopic (exact) mass is 197 g/mol. The van der Waals surface area contributed by atoms with Gasteiger partial charge in [-0.1, -0.05) is 0 Å². The van der Waals surface area contributed by atoms with Crippen LogP contribution in [0, 0.1) is 11.3 Å². The Balaban J connectivity index is 2.44. The van der Waals surface area contributed by atoms with Crippen LogP contribution in [0.25, 0.3) is 0 Å². The average Bonchev–Trinajstić information content (AvgIpc) is 2.61. The number of hydrogen-bond donors (Lipinski definition) is 1. The zero-order valence-corrected chi connectivity index (χ0v) is 7.60. The predicted molar refractivity (Wildman–Crippen MR) is 45.9 cm³/mol. The molecule has 2 N–H and O–H groups in total. The first-order valence-corrected chi connectivity index (χ1v) is 4.26. The van der Waals surface area contributed by atoms with Crippen LogP contribution in [0.4, 0.5) is 4.79 Å². The molecule has 0 radical (unpaired) electrons. The van der Waals surface area contributed by atoms with Gasteiger partial charge in [-0.05, 0) is 12.8 Å². The smallest absolute Gasteiger partial charge is 0.405 e. The SMILES string of the molecule is N#C[C@@H]1CCCN1C(=O)COC(N)=O. The summed E-state index contributed by atoms with van der Waals surface area (Å²) in [6, 6.07) is 1.63. The number of carbonyl (C=O) groups excluding carboxylic acids is 2. The van der Waals surface area contributed by atoms with E-state index in [9.17, 15) is 9.59 Å². The summed E-state index contributed by atoms with van der Waals surface area (Å²) in [5.41, 5.74) is 4.71. The first kappa shape index (κ1) is 10.3. The van der Waals surface area contributed by atoms with Crippen LogP contribution in [-0.4, -0.2) is 36.1 Å².